The lowest BCUT2D eigenvalue weighted by Crippen LogP contribution is -2.18. The van der Waals surface area contributed by atoms with E-state index in [0.29, 0.717) is 19.8 Å². The van der Waals surface area contributed by atoms with Gasteiger partial charge in [0.15, 0.2) is 6.29 Å². The van der Waals surface area contributed by atoms with Crippen LogP contribution in [0.3, 0.4) is 0 Å². The van der Waals surface area contributed by atoms with Crippen molar-refractivity contribution in [3.05, 3.63) is 36.1 Å². The highest BCUT2D eigenvalue weighted by molar-refractivity contribution is 5.02. The molecule has 0 aliphatic heterocycles. The van der Waals surface area contributed by atoms with Crippen molar-refractivity contribution < 1.29 is 13.9 Å². The standard InChI is InChI=1S/C8H19NO2.C6H5F/c1-3-10-8(11-4-2)6-5-7-9;7-6-4-2-1-3-5-6/h8H,3-7,9H2,1-2H3;1-5H. The number of hydrogen-bond acceptors (Lipinski definition) is 3. The van der Waals surface area contributed by atoms with Crippen LogP contribution < -0.4 is 5.73 Å². The Labute approximate surface area is 109 Å². The quantitative estimate of drug-likeness (QED) is 0.764. The second-order valence-corrected chi connectivity index (χ2v) is 3.57. The zero-order valence-corrected chi connectivity index (χ0v) is 11.3. The number of benzene rings is 1. The number of ether oxygens (including phenoxy) is 2. The largest absolute Gasteiger partial charge is 0.353 e. The van der Waals surface area contributed by atoms with Crippen LogP contribution in [-0.4, -0.2) is 26.0 Å². The van der Waals surface area contributed by atoms with Crippen LogP contribution in [0.2, 0.25) is 0 Å². The lowest BCUT2D eigenvalue weighted by Gasteiger charge is -2.15. The van der Waals surface area contributed by atoms with Gasteiger partial charge in [0, 0.05) is 13.2 Å². The molecule has 0 aliphatic rings. The summed E-state index contributed by atoms with van der Waals surface area (Å²) in [7, 11) is 0. The van der Waals surface area contributed by atoms with Gasteiger partial charge in [-0.15, -0.1) is 0 Å². The molecule has 1 aromatic carbocycles. The Balaban J connectivity index is 0.000000351. The molecule has 0 bridgehead atoms. The summed E-state index contributed by atoms with van der Waals surface area (Å²) in [6.07, 6.45) is 1.82. The Bertz CT molecular complexity index is 264. The molecule has 1 aromatic rings. The third kappa shape index (κ3) is 10.2. The Morgan fingerprint density at radius 1 is 1.11 bits per heavy atom. The van der Waals surface area contributed by atoms with Crippen molar-refractivity contribution in [2.24, 2.45) is 5.73 Å². The zero-order chi connectivity index (χ0) is 13.6. The molecule has 0 unspecified atom stereocenters. The highest BCUT2D eigenvalue weighted by Crippen LogP contribution is 2.02. The minimum atomic E-state index is -0.178. The normalized spacial score (nSPS) is 10.1. The Morgan fingerprint density at radius 2 is 1.67 bits per heavy atom. The molecule has 0 amide bonds. The summed E-state index contributed by atoms with van der Waals surface area (Å²) in [5, 5.41) is 0. The van der Waals surface area contributed by atoms with Crippen molar-refractivity contribution in [2.75, 3.05) is 19.8 Å². The molecule has 0 saturated carbocycles. The Morgan fingerprint density at radius 3 is 2.00 bits per heavy atom. The van der Waals surface area contributed by atoms with Gasteiger partial charge in [-0.2, -0.15) is 0 Å². The number of hydrogen-bond donors (Lipinski definition) is 1. The van der Waals surface area contributed by atoms with Crippen LogP contribution >= 0.6 is 0 Å². The van der Waals surface area contributed by atoms with Crippen LogP contribution in [0.25, 0.3) is 0 Å². The van der Waals surface area contributed by atoms with E-state index < -0.39 is 0 Å². The van der Waals surface area contributed by atoms with Crippen molar-refractivity contribution >= 4 is 0 Å². The van der Waals surface area contributed by atoms with Crippen molar-refractivity contribution in [3.8, 4) is 0 Å². The Hall–Kier alpha value is -0.970. The third-order valence-corrected chi connectivity index (χ3v) is 2.08. The third-order valence-electron chi connectivity index (χ3n) is 2.08. The topological polar surface area (TPSA) is 44.5 Å². The SMILES string of the molecule is CCOC(CCCN)OCC.Fc1ccccc1. The summed E-state index contributed by atoms with van der Waals surface area (Å²) >= 11 is 0. The van der Waals surface area contributed by atoms with Gasteiger partial charge in [-0.25, -0.2) is 4.39 Å². The zero-order valence-electron chi connectivity index (χ0n) is 11.3. The minimum Gasteiger partial charge on any atom is -0.353 e. The summed E-state index contributed by atoms with van der Waals surface area (Å²) in [6, 6.07) is 7.94. The van der Waals surface area contributed by atoms with Crippen molar-refractivity contribution in [1.82, 2.24) is 0 Å². The highest BCUT2D eigenvalue weighted by atomic mass is 19.1. The molecule has 0 aromatic heterocycles. The first-order chi connectivity index (χ1) is 8.74. The first kappa shape index (κ1) is 17.0. The van der Waals surface area contributed by atoms with E-state index >= 15 is 0 Å². The molecule has 0 spiro atoms. The first-order valence-electron chi connectivity index (χ1n) is 6.38. The summed E-state index contributed by atoms with van der Waals surface area (Å²) in [4.78, 5) is 0. The predicted molar refractivity (Wildman–Crippen MR) is 71.7 cm³/mol. The van der Waals surface area contributed by atoms with Gasteiger partial charge in [-0.3, -0.25) is 0 Å². The molecule has 104 valence electrons. The fraction of sp³-hybridized carbons (Fsp3) is 0.571. The molecule has 0 fully saturated rings. The maximum Gasteiger partial charge on any atom is 0.157 e. The van der Waals surface area contributed by atoms with E-state index in [1.165, 1.54) is 12.1 Å². The van der Waals surface area contributed by atoms with Gasteiger partial charge in [0.05, 0.1) is 0 Å². The summed E-state index contributed by atoms with van der Waals surface area (Å²) < 4.78 is 22.5. The second kappa shape index (κ2) is 12.5. The number of nitrogens with two attached hydrogens (primary N) is 1. The Kier molecular flexibility index (Phi) is 11.8. The van der Waals surface area contributed by atoms with E-state index in [2.05, 4.69) is 0 Å². The minimum absolute atomic E-state index is 0.0476. The monoisotopic (exact) mass is 257 g/mol. The van der Waals surface area contributed by atoms with Crippen LogP contribution in [0.5, 0.6) is 0 Å². The maximum absolute atomic E-state index is 11.9. The molecule has 4 heteroatoms. The predicted octanol–water partition coefficient (Wildman–Crippen LogP) is 2.95. The molecule has 2 N–H and O–H groups in total. The van der Waals surface area contributed by atoms with Crippen LogP contribution in [0.1, 0.15) is 26.7 Å². The van der Waals surface area contributed by atoms with Crippen LogP contribution in [0.4, 0.5) is 4.39 Å². The molecule has 0 saturated heterocycles. The maximum atomic E-state index is 11.9. The van der Waals surface area contributed by atoms with E-state index in [1.54, 1.807) is 18.2 Å². The van der Waals surface area contributed by atoms with Gasteiger partial charge in [0.2, 0.25) is 0 Å². The van der Waals surface area contributed by atoms with Gasteiger partial charge in [-0.05, 0) is 45.4 Å². The average molecular weight is 257 g/mol. The summed E-state index contributed by atoms with van der Waals surface area (Å²) in [5.41, 5.74) is 5.36. The van der Waals surface area contributed by atoms with Crippen molar-refractivity contribution in [2.45, 2.75) is 33.0 Å². The molecule has 3 nitrogen and oxygen atoms in total. The molecule has 0 heterocycles. The van der Waals surface area contributed by atoms with Crippen LogP contribution in [-0.2, 0) is 9.47 Å². The van der Waals surface area contributed by atoms with Crippen LogP contribution in [0.15, 0.2) is 30.3 Å². The highest BCUT2D eigenvalue weighted by Gasteiger charge is 2.05. The molecular weight excluding hydrogens is 233 g/mol. The summed E-state index contributed by atoms with van der Waals surface area (Å²) in [5.74, 6) is -0.178. The van der Waals surface area contributed by atoms with E-state index in [4.69, 9.17) is 15.2 Å². The molecule has 1 rings (SSSR count). The molecule has 0 aliphatic carbocycles. The fourth-order valence-electron chi connectivity index (χ4n) is 1.29. The second-order valence-electron chi connectivity index (χ2n) is 3.57. The molecule has 0 atom stereocenters. The van der Waals surface area contributed by atoms with E-state index in [-0.39, 0.29) is 12.1 Å². The van der Waals surface area contributed by atoms with Crippen LogP contribution in [0, 0.1) is 5.82 Å². The lowest BCUT2D eigenvalue weighted by atomic mass is 10.3. The summed E-state index contributed by atoms with van der Waals surface area (Å²) in [6.45, 7) is 6.05. The average Bonchev–Trinajstić information content (AvgIpc) is 2.38. The number of halogens is 1. The van der Waals surface area contributed by atoms with E-state index in [1.807, 2.05) is 13.8 Å². The van der Waals surface area contributed by atoms with Gasteiger partial charge >= 0.3 is 0 Å². The number of rotatable bonds is 7. The lowest BCUT2D eigenvalue weighted by molar-refractivity contribution is -0.139. The van der Waals surface area contributed by atoms with Gasteiger partial charge in [0.25, 0.3) is 0 Å². The van der Waals surface area contributed by atoms with Gasteiger partial charge < -0.3 is 15.2 Å². The van der Waals surface area contributed by atoms with Crippen molar-refractivity contribution in [3.63, 3.8) is 0 Å². The van der Waals surface area contributed by atoms with Gasteiger partial charge in [0.1, 0.15) is 5.82 Å². The molecular formula is C14H24FNO2. The fourth-order valence-corrected chi connectivity index (χ4v) is 1.29. The van der Waals surface area contributed by atoms with E-state index in [0.717, 1.165) is 12.8 Å². The van der Waals surface area contributed by atoms with Crippen molar-refractivity contribution in [1.29, 1.82) is 0 Å². The van der Waals surface area contributed by atoms with Gasteiger partial charge in [-0.1, -0.05) is 18.2 Å². The molecule has 18 heavy (non-hydrogen) atoms. The van der Waals surface area contributed by atoms with E-state index in [9.17, 15) is 4.39 Å². The molecule has 0 radical (unpaired) electrons. The smallest absolute Gasteiger partial charge is 0.157 e. The first-order valence-corrected chi connectivity index (χ1v) is 6.38.